The molecule has 1 heterocycles. The number of aliphatic hydroxyl groups is 1. The Balaban J connectivity index is 1.92. The smallest absolute Gasteiger partial charge is 0.262 e. The second-order valence-electron chi connectivity index (χ2n) is 4.55. The van der Waals surface area contributed by atoms with Crippen molar-refractivity contribution in [2.45, 2.75) is 6.10 Å². The molecule has 5 heteroatoms. The Hall–Kier alpha value is -2.40. The van der Waals surface area contributed by atoms with Crippen LogP contribution in [0.3, 0.4) is 0 Å². The molecule has 1 amide bonds. The molecule has 0 spiro atoms. The van der Waals surface area contributed by atoms with Crippen LogP contribution in [0, 0.1) is 5.82 Å². The summed E-state index contributed by atoms with van der Waals surface area (Å²) in [4.78, 5) is 11.3. The monoisotopic (exact) mass is 273 g/mol. The Labute approximate surface area is 114 Å². The van der Waals surface area contributed by atoms with Gasteiger partial charge in [-0.2, -0.15) is 0 Å². The van der Waals surface area contributed by atoms with E-state index in [4.69, 9.17) is 4.74 Å². The van der Waals surface area contributed by atoms with Crippen LogP contribution in [0.15, 0.2) is 42.5 Å². The number of carbonyl (C=O) groups excluding carboxylic acids is 1. The minimum absolute atomic E-state index is 0.00708. The van der Waals surface area contributed by atoms with Crippen molar-refractivity contribution in [2.75, 3.05) is 11.9 Å². The van der Waals surface area contributed by atoms with Gasteiger partial charge in [0.25, 0.3) is 5.91 Å². The lowest BCUT2D eigenvalue weighted by molar-refractivity contribution is -0.118. The SMILES string of the molecule is O=C1COc2ccc(C(O)c3ccc(F)cc3)cc2N1. The zero-order chi connectivity index (χ0) is 14.1. The van der Waals surface area contributed by atoms with Gasteiger partial charge in [0.2, 0.25) is 0 Å². The van der Waals surface area contributed by atoms with Crippen molar-refractivity contribution >= 4 is 11.6 Å². The quantitative estimate of drug-likeness (QED) is 0.882. The molecule has 2 aromatic rings. The van der Waals surface area contributed by atoms with E-state index in [9.17, 15) is 14.3 Å². The fourth-order valence-corrected chi connectivity index (χ4v) is 2.11. The van der Waals surface area contributed by atoms with Crippen molar-refractivity contribution in [2.24, 2.45) is 0 Å². The van der Waals surface area contributed by atoms with Gasteiger partial charge in [0.05, 0.1) is 5.69 Å². The van der Waals surface area contributed by atoms with Crippen LogP contribution in [0.2, 0.25) is 0 Å². The number of benzene rings is 2. The van der Waals surface area contributed by atoms with E-state index in [-0.39, 0.29) is 18.3 Å². The zero-order valence-electron chi connectivity index (χ0n) is 10.5. The molecule has 0 saturated carbocycles. The summed E-state index contributed by atoms with van der Waals surface area (Å²) in [5.41, 5.74) is 1.70. The number of ether oxygens (including phenoxy) is 1. The summed E-state index contributed by atoms with van der Waals surface area (Å²) >= 11 is 0. The summed E-state index contributed by atoms with van der Waals surface area (Å²) in [6.45, 7) is -0.00708. The molecule has 1 unspecified atom stereocenters. The average Bonchev–Trinajstić information content (AvgIpc) is 2.46. The number of halogens is 1. The van der Waals surface area contributed by atoms with Gasteiger partial charge in [-0.1, -0.05) is 18.2 Å². The second kappa shape index (κ2) is 4.94. The summed E-state index contributed by atoms with van der Waals surface area (Å²) in [5, 5.41) is 13.0. The van der Waals surface area contributed by atoms with Crippen molar-refractivity contribution in [3.8, 4) is 5.75 Å². The number of hydrogen-bond donors (Lipinski definition) is 2. The third kappa shape index (κ3) is 2.35. The standard InChI is InChI=1S/C15H12FNO3/c16-11-4-1-9(2-5-11)15(19)10-3-6-13-12(7-10)17-14(18)8-20-13/h1-7,15,19H,8H2,(H,17,18). The summed E-state index contributed by atoms with van der Waals surface area (Å²) in [5.74, 6) is -0.0161. The first-order valence-corrected chi connectivity index (χ1v) is 6.13. The van der Waals surface area contributed by atoms with E-state index in [0.717, 1.165) is 0 Å². The highest BCUT2D eigenvalue weighted by atomic mass is 19.1. The van der Waals surface area contributed by atoms with E-state index in [1.165, 1.54) is 24.3 Å². The summed E-state index contributed by atoms with van der Waals surface area (Å²) < 4.78 is 18.1. The number of anilines is 1. The normalized spacial score (nSPS) is 15.0. The molecule has 1 aliphatic heterocycles. The van der Waals surface area contributed by atoms with Crippen molar-refractivity contribution in [1.82, 2.24) is 0 Å². The van der Waals surface area contributed by atoms with E-state index >= 15 is 0 Å². The van der Waals surface area contributed by atoms with Gasteiger partial charge in [-0.3, -0.25) is 4.79 Å². The Morgan fingerprint density at radius 1 is 1.15 bits per heavy atom. The molecule has 20 heavy (non-hydrogen) atoms. The molecule has 102 valence electrons. The van der Waals surface area contributed by atoms with Crippen LogP contribution >= 0.6 is 0 Å². The number of rotatable bonds is 2. The highest BCUT2D eigenvalue weighted by Crippen LogP contribution is 2.32. The molecule has 0 radical (unpaired) electrons. The summed E-state index contributed by atoms with van der Waals surface area (Å²) in [6, 6.07) is 10.7. The lowest BCUT2D eigenvalue weighted by Crippen LogP contribution is -2.25. The molecular weight excluding hydrogens is 261 g/mol. The third-order valence-corrected chi connectivity index (χ3v) is 3.14. The van der Waals surface area contributed by atoms with Gasteiger partial charge in [0.15, 0.2) is 6.61 Å². The van der Waals surface area contributed by atoms with Crippen LogP contribution < -0.4 is 10.1 Å². The molecule has 0 aliphatic carbocycles. The maximum atomic E-state index is 12.9. The number of aliphatic hydroxyl groups excluding tert-OH is 1. The molecule has 0 fully saturated rings. The van der Waals surface area contributed by atoms with Gasteiger partial charge in [-0.15, -0.1) is 0 Å². The molecule has 1 atom stereocenters. The molecule has 0 aromatic heterocycles. The van der Waals surface area contributed by atoms with Gasteiger partial charge >= 0.3 is 0 Å². The van der Waals surface area contributed by atoms with E-state index in [1.807, 2.05) is 0 Å². The maximum absolute atomic E-state index is 12.9. The number of carbonyl (C=O) groups is 1. The lowest BCUT2D eigenvalue weighted by Gasteiger charge is -2.20. The maximum Gasteiger partial charge on any atom is 0.262 e. The molecule has 0 saturated heterocycles. The fourth-order valence-electron chi connectivity index (χ4n) is 2.11. The molecule has 2 N–H and O–H groups in total. The summed E-state index contributed by atoms with van der Waals surface area (Å²) in [6.07, 6.45) is -0.889. The van der Waals surface area contributed by atoms with Crippen LogP contribution in [-0.4, -0.2) is 17.6 Å². The molecule has 1 aliphatic rings. The van der Waals surface area contributed by atoms with Gasteiger partial charge in [0, 0.05) is 0 Å². The van der Waals surface area contributed by atoms with Crippen LogP contribution in [0.25, 0.3) is 0 Å². The first-order chi connectivity index (χ1) is 9.63. The fraction of sp³-hybridized carbons (Fsp3) is 0.133. The van der Waals surface area contributed by atoms with Gasteiger partial charge in [-0.05, 0) is 35.4 Å². The summed E-state index contributed by atoms with van der Waals surface area (Å²) in [7, 11) is 0. The number of nitrogens with one attached hydrogen (secondary N) is 1. The first kappa shape index (κ1) is 12.6. The first-order valence-electron chi connectivity index (χ1n) is 6.13. The third-order valence-electron chi connectivity index (χ3n) is 3.14. The highest BCUT2D eigenvalue weighted by molar-refractivity contribution is 5.95. The molecule has 0 bridgehead atoms. The van der Waals surface area contributed by atoms with Crippen molar-refractivity contribution in [3.63, 3.8) is 0 Å². The van der Waals surface area contributed by atoms with Crippen molar-refractivity contribution in [3.05, 3.63) is 59.4 Å². The van der Waals surface area contributed by atoms with Crippen LogP contribution in [0.5, 0.6) is 5.75 Å². The minimum Gasteiger partial charge on any atom is -0.482 e. The second-order valence-corrected chi connectivity index (χ2v) is 4.55. The van der Waals surface area contributed by atoms with Crippen molar-refractivity contribution < 1.29 is 19.0 Å². The number of hydrogen-bond acceptors (Lipinski definition) is 3. The minimum atomic E-state index is -0.889. The van der Waals surface area contributed by atoms with E-state index < -0.39 is 6.10 Å². The van der Waals surface area contributed by atoms with Crippen LogP contribution in [-0.2, 0) is 4.79 Å². The van der Waals surface area contributed by atoms with E-state index in [1.54, 1.807) is 18.2 Å². The van der Waals surface area contributed by atoms with Crippen molar-refractivity contribution in [1.29, 1.82) is 0 Å². The molecular formula is C15H12FNO3. The largest absolute Gasteiger partial charge is 0.482 e. The topological polar surface area (TPSA) is 58.6 Å². The highest BCUT2D eigenvalue weighted by Gasteiger charge is 2.18. The van der Waals surface area contributed by atoms with Gasteiger partial charge in [0.1, 0.15) is 17.7 Å². The lowest BCUT2D eigenvalue weighted by atomic mass is 10.0. The predicted octanol–water partition coefficient (Wildman–Crippen LogP) is 2.24. The van der Waals surface area contributed by atoms with Crippen LogP contribution in [0.1, 0.15) is 17.2 Å². The Morgan fingerprint density at radius 3 is 2.60 bits per heavy atom. The van der Waals surface area contributed by atoms with Gasteiger partial charge in [-0.25, -0.2) is 4.39 Å². The zero-order valence-corrected chi connectivity index (χ0v) is 10.5. The molecule has 4 nitrogen and oxygen atoms in total. The van der Waals surface area contributed by atoms with E-state index in [0.29, 0.717) is 22.6 Å². The number of fused-ring (bicyclic) bond motifs is 1. The molecule has 2 aromatic carbocycles. The van der Waals surface area contributed by atoms with Gasteiger partial charge < -0.3 is 15.2 Å². The number of amides is 1. The Morgan fingerprint density at radius 2 is 1.85 bits per heavy atom. The van der Waals surface area contributed by atoms with E-state index in [2.05, 4.69) is 5.32 Å². The molecule has 3 rings (SSSR count). The Kier molecular flexibility index (Phi) is 3.12. The Bertz CT molecular complexity index is 655. The van der Waals surface area contributed by atoms with Crippen LogP contribution in [0.4, 0.5) is 10.1 Å². The average molecular weight is 273 g/mol. The predicted molar refractivity (Wildman–Crippen MR) is 71.0 cm³/mol.